The highest BCUT2D eigenvalue weighted by atomic mass is 127. The predicted octanol–water partition coefficient (Wildman–Crippen LogP) is 2.55. The van der Waals surface area contributed by atoms with Gasteiger partial charge in [-0.2, -0.15) is 5.26 Å². The van der Waals surface area contributed by atoms with Crippen molar-refractivity contribution in [2.45, 2.75) is 0 Å². The first-order chi connectivity index (χ1) is 6.61. The van der Waals surface area contributed by atoms with Gasteiger partial charge in [0.1, 0.15) is 11.8 Å². The van der Waals surface area contributed by atoms with Crippen molar-refractivity contribution in [2.75, 3.05) is 7.11 Å². The quantitative estimate of drug-likeness (QED) is 0.621. The minimum atomic E-state index is -0.637. The average Bonchev–Trinajstić information content (AvgIpc) is 2.17. The summed E-state index contributed by atoms with van der Waals surface area (Å²) >= 11 is 7.26. The normalized spacial score (nSPS) is 9.29. The van der Waals surface area contributed by atoms with E-state index in [0.717, 1.165) is 0 Å². The summed E-state index contributed by atoms with van der Waals surface area (Å²) in [5.41, 5.74) is 0.462. The van der Waals surface area contributed by atoms with E-state index in [1.54, 1.807) is 6.07 Å². The number of nitrogens with zero attached hydrogens (tertiary/aromatic N) is 1. The molecule has 0 aromatic heterocycles. The summed E-state index contributed by atoms with van der Waals surface area (Å²) in [7, 11) is 1.50. The van der Waals surface area contributed by atoms with Crippen LogP contribution in [0.4, 0.5) is 0 Å². The number of hydrogen-bond acceptors (Lipinski definition) is 3. The Morgan fingerprint density at radius 3 is 2.71 bits per heavy atom. The molecule has 0 aliphatic heterocycles. The summed E-state index contributed by atoms with van der Waals surface area (Å²) in [5, 5.41) is 8.21. The Morgan fingerprint density at radius 1 is 1.64 bits per heavy atom. The molecule has 0 heterocycles. The van der Waals surface area contributed by atoms with Gasteiger partial charge in [-0.25, -0.2) is 0 Å². The molecule has 0 saturated heterocycles. The molecule has 0 unspecified atom stereocenters. The fourth-order valence-electron chi connectivity index (χ4n) is 0.988. The highest BCUT2D eigenvalue weighted by Gasteiger charge is 2.15. The molecule has 0 spiro atoms. The first kappa shape index (κ1) is 11.3. The van der Waals surface area contributed by atoms with E-state index in [2.05, 4.69) is 0 Å². The van der Waals surface area contributed by atoms with Gasteiger partial charge in [0.15, 0.2) is 0 Å². The van der Waals surface area contributed by atoms with Crippen LogP contribution in [0.25, 0.3) is 0 Å². The van der Waals surface area contributed by atoms with Crippen LogP contribution in [0.5, 0.6) is 5.75 Å². The topological polar surface area (TPSA) is 50.1 Å². The number of nitriles is 1. The molecular formula is C9H5ClINO2. The molecule has 0 radical (unpaired) electrons. The molecule has 1 aromatic carbocycles. The smallest absolute Gasteiger partial charge is 0.253 e. The standard InChI is InChI=1S/C9H5ClINO2/c1-14-7-3-2-5(9(10)13)6(4-12)8(7)11/h2-3H,1H3. The fraction of sp³-hybridized carbons (Fsp3) is 0.111. The lowest BCUT2D eigenvalue weighted by Crippen LogP contribution is -1.99. The minimum Gasteiger partial charge on any atom is -0.496 e. The van der Waals surface area contributed by atoms with Crippen molar-refractivity contribution in [3.8, 4) is 11.8 Å². The molecule has 0 atom stereocenters. The number of carbonyl (C=O) groups excluding carboxylic acids is 1. The van der Waals surface area contributed by atoms with Gasteiger partial charge >= 0.3 is 0 Å². The second kappa shape index (κ2) is 4.62. The molecule has 0 saturated carbocycles. The molecule has 5 heteroatoms. The molecule has 0 aliphatic carbocycles. The van der Waals surface area contributed by atoms with E-state index < -0.39 is 5.24 Å². The monoisotopic (exact) mass is 321 g/mol. The number of hydrogen-bond donors (Lipinski definition) is 0. The summed E-state index contributed by atoms with van der Waals surface area (Å²) in [6.07, 6.45) is 0. The van der Waals surface area contributed by atoms with Gasteiger partial charge in [0.25, 0.3) is 5.24 Å². The van der Waals surface area contributed by atoms with Gasteiger partial charge in [-0.15, -0.1) is 0 Å². The van der Waals surface area contributed by atoms with Gasteiger partial charge in [-0.05, 0) is 46.3 Å². The maximum absolute atomic E-state index is 10.9. The van der Waals surface area contributed by atoms with E-state index in [4.69, 9.17) is 21.6 Å². The summed E-state index contributed by atoms with van der Waals surface area (Å²) < 4.78 is 5.61. The van der Waals surface area contributed by atoms with Crippen molar-refractivity contribution in [2.24, 2.45) is 0 Å². The summed E-state index contributed by atoms with van der Waals surface area (Å²) in [5.74, 6) is 0.559. The van der Waals surface area contributed by atoms with E-state index in [1.807, 2.05) is 28.7 Å². The third kappa shape index (κ3) is 1.99. The summed E-state index contributed by atoms with van der Waals surface area (Å²) in [4.78, 5) is 10.9. The van der Waals surface area contributed by atoms with Crippen LogP contribution >= 0.6 is 34.2 Å². The van der Waals surface area contributed by atoms with E-state index in [1.165, 1.54) is 13.2 Å². The SMILES string of the molecule is COc1ccc(C(=O)Cl)c(C#N)c1I. The van der Waals surface area contributed by atoms with Crippen molar-refractivity contribution in [1.82, 2.24) is 0 Å². The number of benzene rings is 1. The first-order valence-electron chi connectivity index (χ1n) is 3.58. The van der Waals surface area contributed by atoms with Gasteiger partial charge in [-0.3, -0.25) is 4.79 Å². The third-order valence-corrected chi connectivity index (χ3v) is 2.92. The number of methoxy groups -OCH3 is 1. The van der Waals surface area contributed by atoms with Crippen LogP contribution in [-0.2, 0) is 0 Å². The zero-order chi connectivity index (χ0) is 10.7. The molecule has 0 aliphatic rings. The molecule has 0 fully saturated rings. The van der Waals surface area contributed by atoms with Crippen molar-refractivity contribution in [1.29, 1.82) is 5.26 Å². The molecular weight excluding hydrogens is 316 g/mol. The second-order valence-electron chi connectivity index (χ2n) is 2.39. The van der Waals surface area contributed by atoms with Crippen LogP contribution in [0.2, 0.25) is 0 Å². The lowest BCUT2D eigenvalue weighted by atomic mass is 10.1. The highest BCUT2D eigenvalue weighted by Crippen LogP contribution is 2.27. The lowest BCUT2D eigenvalue weighted by molar-refractivity contribution is 0.108. The van der Waals surface area contributed by atoms with Crippen LogP contribution in [0, 0.1) is 14.9 Å². The lowest BCUT2D eigenvalue weighted by Gasteiger charge is -2.06. The summed E-state index contributed by atoms with van der Waals surface area (Å²) in [6, 6.07) is 5.02. The third-order valence-electron chi connectivity index (χ3n) is 1.65. The van der Waals surface area contributed by atoms with E-state index in [-0.39, 0.29) is 11.1 Å². The Kier molecular flexibility index (Phi) is 3.72. The largest absolute Gasteiger partial charge is 0.496 e. The summed E-state index contributed by atoms with van der Waals surface area (Å²) in [6.45, 7) is 0. The molecule has 3 nitrogen and oxygen atoms in total. The Balaban J connectivity index is 3.45. The number of rotatable bonds is 2. The van der Waals surface area contributed by atoms with Crippen LogP contribution in [0.1, 0.15) is 15.9 Å². The van der Waals surface area contributed by atoms with Crippen LogP contribution in [0.3, 0.4) is 0 Å². The van der Waals surface area contributed by atoms with E-state index in [9.17, 15) is 4.79 Å². The van der Waals surface area contributed by atoms with Crippen molar-refractivity contribution < 1.29 is 9.53 Å². The maximum atomic E-state index is 10.9. The number of carbonyl (C=O) groups is 1. The second-order valence-corrected chi connectivity index (χ2v) is 3.81. The van der Waals surface area contributed by atoms with E-state index >= 15 is 0 Å². The average molecular weight is 322 g/mol. The fourth-order valence-corrected chi connectivity index (χ4v) is 1.96. The van der Waals surface area contributed by atoms with Gasteiger partial charge in [0.2, 0.25) is 0 Å². The molecule has 0 bridgehead atoms. The van der Waals surface area contributed by atoms with Crippen LogP contribution in [0.15, 0.2) is 12.1 Å². The first-order valence-corrected chi connectivity index (χ1v) is 5.04. The van der Waals surface area contributed by atoms with Crippen molar-refractivity contribution >= 4 is 39.4 Å². The molecule has 1 aromatic rings. The Bertz CT molecular complexity index is 426. The molecule has 72 valence electrons. The van der Waals surface area contributed by atoms with Crippen LogP contribution < -0.4 is 4.74 Å². The van der Waals surface area contributed by atoms with Crippen molar-refractivity contribution in [3.05, 3.63) is 26.8 Å². The molecule has 1 rings (SSSR count). The maximum Gasteiger partial charge on any atom is 0.253 e. The molecule has 0 amide bonds. The minimum absolute atomic E-state index is 0.208. The van der Waals surface area contributed by atoms with E-state index in [0.29, 0.717) is 9.32 Å². The van der Waals surface area contributed by atoms with Gasteiger partial charge in [0, 0.05) is 0 Å². The highest BCUT2D eigenvalue weighted by molar-refractivity contribution is 14.1. The zero-order valence-electron chi connectivity index (χ0n) is 7.17. The molecule has 0 N–H and O–H groups in total. The van der Waals surface area contributed by atoms with Crippen LogP contribution in [-0.4, -0.2) is 12.4 Å². The predicted molar refractivity (Wildman–Crippen MR) is 60.6 cm³/mol. The number of ether oxygens (including phenoxy) is 1. The van der Waals surface area contributed by atoms with Gasteiger partial charge < -0.3 is 4.74 Å². The van der Waals surface area contributed by atoms with Crippen molar-refractivity contribution in [3.63, 3.8) is 0 Å². The Labute approximate surface area is 99.8 Å². The molecule has 14 heavy (non-hydrogen) atoms. The van der Waals surface area contributed by atoms with Gasteiger partial charge in [0.05, 0.1) is 21.8 Å². The number of halogens is 2. The van der Waals surface area contributed by atoms with Gasteiger partial charge in [-0.1, -0.05) is 0 Å². The Hall–Kier alpha value is -0.800. The Morgan fingerprint density at radius 2 is 2.29 bits per heavy atom. The zero-order valence-corrected chi connectivity index (χ0v) is 10.1.